The van der Waals surface area contributed by atoms with Gasteiger partial charge in [-0.25, -0.2) is 0 Å². The number of rotatable bonds is 3. The molecule has 1 aliphatic heterocycles. The van der Waals surface area contributed by atoms with E-state index in [0.717, 1.165) is 51.6 Å². The zero-order valence-electron chi connectivity index (χ0n) is 14.8. The maximum Gasteiger partial charge on any atom is 0.253 e. The molecule has 0 spiro atoms. The van der Waals surface area contributed by atoms with Gasteiger partial charge in [-0.15, -0.1) is 12.4 Å². The van der Waals surface area contributed by atoms with Gasteiger partial charge in [0.25, 0.3) is 5.91 Å². The van der Waals surface area contributed by atoms with E-state index in [1.807, 2.05) is 4.90 Å². The van der Waals surface area contributed by atoms with Crippen molar-refractivity contribution in [1.29, 1.82) is 0 Å². The average Bonchev–Trinajstić information content (AvgIpc) is 3.04. The maximum atomic E-state index is 12.5. The van der Waals surface area contributed by atoms with Crippen molar-refractivity contribution in [2.24, 2.45) is 11.7 Å². The van der Waals surface area contributed by atoms with Crippen LogP contribution in [0.5, 0.6) is 0 Å². The van der Waals surface area contributed by atoms with E-state index in [9.17, 15) is 9.59 Å². The SMILES string of the molecule is CC1CCN(C(=O)c2ccc(NC(=O)C3(N)CCCC3)cc2)CC1.Cl. The fourth-order valence-corrected chi connectivity index (χ4v) is 3.58. The summed E-state index contributed by atoms with van der Waals surface area (Å²) in [4.78, 5) is 26.8. The van der Waals surface area contributed by atoms with E-state index < -0.39 is 5.54 Å². The number of hydrogen-bond acceptors (Lipinski definition) is 3. The lowest BCUT2D eigenvalue weighted by Gasteiger charge is -2.30. The van der Waals surface area contributed by atoms with Crippen molar-refractivity contribution in [2.75, 3.05) is 18.4 Å². The molecule has 1 saturated carbocycles. The topological polar surface area (TPSA) is 75.4 Å². The highest BCUT2D eigenvalue weighted by Gasteiger charge is 2.36. The molecule has 3 N–H and O–H groups in total. The first-order valence-corrected chi connectivity index (χ1v) is 8.98. The Balaban J connectivity index is 0.00000225. The highest BCUT2D eigenvalue weighted by Crippen LogP contribution is 2.28. The molecule has 1 saturated heterocycles. The highest BCUT2D eigenvalue weighted by molar-refractivity contribution is 5.99. The van der Waals surface area contributed by atoms with Gasteiger partial charge in [0.15, 0.2) is 0 Å². The molecule has 1 heterocycles. The van der Waals surface area contributed by atoms with E-state index in [4.69, 9.17) is 5.73 Å². The summed E-state index contributed by atoms with van der Waals surface area (Å²) in [5.74, 6) is 0.653. The van der Waals surface area contributed by atoms with Gasteiger partial charge in [0.05, 0.1) is 5.54 Å². The number of anilines is 1. The molecule has 3 rings (SSSR count). The average molecular weight is 366 g/mol. The molecule has 25 heavy (non-hydrogen) atoms. The van der Waals surface area contributed by atoms with E-state index in [1.54, 1.807) is 24.3 Å². The molecule has 1 aromatic rings. The van der Waals surface area contributed by atoms with Crippen molar-refractivity contribution < 1.29 is 9.59 Å². The molecule has 0 bridgehead atoms. The van der Waals surface area contributed by atoms with E-state index in [0.29, 0.717) is 17.2 Å². The molecular formula is C19H28ClN3O2. The van der Waals surface area contributed by atoms with Gasteiger partial charge >= 0.3 is 0 Å². The van der Waals surface area contributed by atoms with Crippen LogP contribution in [-0.4, -0.2) is 35.3 Å². The normalized spacial score (nSPS) is 20.0. The number of hydrogen-bond donors (Lipinski definition) is 2. The molecule has 0 atom stereocenters. The lowest BCUT2D eigenvalue weighted by atomic mass is 9.98. The predicted octanol–water partition coefficient (Wildman–Crippen LogP) is 3.19. The molecule has 0 aromatic heterocycles. The predicted molar refractivity (Wildman–Crippen MR) is 102 cm³/mol. The van der Waals surface area contributed by atoms with E-state index >= 15 is 0 Å². The second-order valence-electron chi connectivity index (χ2n) is 7.37. The molecular weight excluding hydrogens is 338 g/mol. The summed E-state index contributed by atoms with van der Waals surface area (Å²) in [5.41, 5.74) is 6.79. The summed E-state index contributed by atoms with van der Waals surface area (Å²) in [6, 6.07) is 7.15. The monoisotopic (exact) mass is 365 g/mol. The first-order chi connectivity index (χ1) is 11.5. The van der Waals surface area contributed by atoms with Crippen molar-refractivity contribution >= 4 is 29.9 Å². The zero-order valence-corrected chi connectivity index (χ0v) is 15.6. The number of amides is 2. The van der Waals surface area contributed by atoms with Crippen molar-refractivity contribution in [3.8, 4) is 0 Å². The molecule has 138 valence electrons. The summed E-state index contributed by atoms with van der Waals surface area (Å²) in [5, 5.41) is 2.89. The third-order valence-electron chi connectivity index (χ3n) is 5.41. The Kier molecular flexibility index (Phi) is 6.47. The van der Waals surface area contributed by atoms with Crippen LogP contribution in [0.25, 0.3) is 0 Å². The number of carbonyl (C=O) groups excluding carboxylic acids is 2. The molecule has 6 heteroatoms. The van der Waals surface area contributed by atoms with Crippen LogP contribution in [0.4, 0.5) is 5.69 Å². The van der Waals surface area contributed by atoms with Crippen LogP contribution < -0.4 is 11.1 Å². The molecule has 1 aliphatic carbocycles. The van der Waals surface area contributed by atoms with Gasteiger partial charge in [0.2, 0.25) is 5.91 Å². The van der Waals surface area contributed by atoms with E-state index in [-0.39, 0.29) is 24.2 Å². The Morgan fingerprint density at radius 1 is 1.12 bits per heavy atom. The number of carbonyl (C=O) groups is 2. The largest absolute Gasteiger partial charge is 0.339 e. The van der Waals surface area contributed by atoms with Gasteiger partial charge in [-0.3, -0.25) is 9.59 Å². The second kappa shape index (κ2) is 8.19. The Hall–Kier alpha value is -1.59. The quantitative estimate of drug-likeness (QED) is 0.863. The van der Waals surface area contributed by atoms with Crippen LogP contribution in [0, 0.1) is 5.92 Å². The summed E-state index contributed by atoms with van der Waals surface area (Å²) < 4.78 is 0. The fraction of sp³-hybridized carbons (Fsp3) is 0.579. The first-order valence-electron chi connectivity index (χ1n) is 8.98. The van der Waals surface area contributed by atoms with Crippen molar-refractivity contribution in [3.05, 3.63) is 29.8 Å². The molecule has 0 radical (unpaired) electrons. The molecule has 1 aromatic carbocycles. The van der Waals surface area contributed by atoms with Crippen LogP contribution in [0.1, 0.15) is 55.8 Å². The summed E-state index contributed by atoms with van der Waals surface area (Å²) in [7, 11) is 0. The minimum absolute atomic E-state index is 0. The fourth-order valence-electron chi connectivity index (χ4n) is 3.58. The lowest BCUT2D eigenvalue weighted by Crippen LogP contribution is -2.48. The van der Waals surface area contributed by atoms with Crippen LogP contribution in [0.3, 0.4) is 0 Å². The minimum atomic E-state index is -0.737. The number of nitrogens with one attached hydrogen (secondary N) is 1. The summed E-state index contributed by atoms with van der Waals surface area (Å²) in [6.07, 6.45) is 5.63. The van der Waals surface area contributed by atoms with Crippen molar-refractivity contribution in [3.63, 3.8) is 0 Å². The van der Waals surface area contributed by atoms with Gasteiger partial charge < -0.3 is 16.0 Å². The summed E-state index contributed by atoms with van der Waals surface area (Å²) >= 11 is 0. The van der Waals surface area contributed by atoms with Gasteiger partial charge in [-0.05, 0) is 55.9 Å². The molecule has 5 nitrogen and oxygen atoms in total. The Bertz CT molecular complexity index is 604. The number of piperidine rings is 1. The van der Waals surface area contributed by atoms with Crippen molar-refractivity contribution in [1.82, 2.24) is 4.90 Å². The van der Waals surface area contributed by atoms with Gasteiger partial charge in [0.1, 0.15) is 0 Å². The first kappa shape index (κ1) is 19.7. The molecule has 2 amide bonds. The molecule has 2 aliphatic rings. The Morgan fingerprint density at radius 2 is 1.68 bits per heavy atom. The number of nitrogens with zero attached hydrogens (tertiary/aromatic N) is 1. The summed E-state index contributed by atoms with van der Waals surface area (Å²) in [6.45, 7) is 3.89. The lowest BCUT2D eigenvalue weighted by molar-refractivity contribution is -0.121. The third-order valence-corrected chi connectivity index (χ3v) is 5.41. The number of benzene rings is 1. The van der Waals surface area contributed by atoms with Gasteiger partial charge in [0, 0.05) is 24.3 Å². The van der Waals surface area contributed by atoms with Gasteiger partial charge in [-0.2, -0.15) is 0 Å². The zero-order chi connectivity index (χ0) is 17.2. The van der Waals surface area contributed by atoms with Crippen LogP contribution in [0.2, 0.25) is 0 Å². The molecule has 2 fully saturated rings. The molecule has 0 unspecified atom stereocenters. The number of likely N-dealkylation sites (tertiary alicyclic amines) is 1. The van der Waals surface area contributed by atoms with Crippen LogP contribution in [-0.2, 0) is 4.79 Å². The Morgan fingerprint density at radius 3 is 2.24 bits per heavy atom. The highest BCUT2D eigenvalue weighted by atomic mass is 35.5. The van der Waals surface area contributed by atoms with E-state index in [1.165, 1.54) is 0 Å². The smallest absolute Gasteiger partial charge is 0.253 e. The van der Waals surface area contributed by atoms with Gasteiger partial charge in [-0.1, -0.05) is 19.8 Å². The maximum absolute atomic E-state index is 12.5. The van der Waals surface area contributed by atoms with Crippen molar-refractivity contribution in [2.45, 2.75) is 51.0 Å². The third kappa shape index (κ3) is 4.53. The number of nitrogens with two attached hydrogens (primary N) is 1. The van der Waals surface area contributed by atoms with Crippen LogP contribution in [0.15, 0.2) is 24.3 Å². The minimum Gasteiger partial charge on any atom is -0.339 e. The standard InChI is InChI=1S/C19H27N3O2.ClH/c1-14-8-12-22(13-9-14)17(23)15-4-6-16(7-5-15)21-18(24)19(20)10-2-3-11-19;/h4-7,14H,2-3,8-13,20H2,1H3,(H,21,24);1H. The Labute approximate surface area is 155 Å². The number of halogens is 1. The van der Waals surface area contributed by atoms with Crippen LogP contribution >= 0.6 is 12.4 Å². The second-order valence-corrected chi connectivity index (χ2v) is 7.37. The van der Waals surface area contributed by atoms with E-state index in [2.05, 4.69) is 12.2 Å².